The van der Waals surface area contributed by atoms with Crippen LogP contribution >= 0.6 is 11.6 Å². The molecule has 0 aliphatic rings. The van der Waals surface area contributed by atoms with Gasteiger partial charge in [-0.25, -0.2) is 0 Å². The van der Waals surface area contributed by atoms with Gasteiger partial charge in [0, 0.05) is 17.3 Å². The minimum absolute atomic E-state index is 0.0160. The molecule has 0 spiro atoms. The first-order chi connectivity index (χ1) is 11.7. The standard InChI is InChI=1S/C17H17ClF3N3O/c1-3-10(2)23-16(25)11-6-13(9-22-8-11)24-15-5-4-12(18)7-14(15)17(19,20)21/h4-10,24H,3H2,1-2H3,(H,23,25). The summed E-state index contributed by atoms with van der Waals surface area (Å²) in [7, 11) is 0. The predicted molar refractivity (Wildman–Crippen MR) is 91.2 cm³/mol. The van der Waals surface area contributed by atoms with Crippen LogP contribution in [0.3, 0.4) is 0 Å². The van der Waals surface area contributed by atoms with Gasteiger partial charge in [-0.2, -0.15) is 13.2 Å². The monoisotopic (exact) mass is 371 g/mol. The summed E-state index contributed by atoms with van der Waals surface area (Å²) in [5.41, 5.74) is -0.537. The van der Waals surface area contributed by atoms with Crippen LogP contribution < -0.4 is 10.6 Å². The van der Waals surface area contributed by atoms with Crippen molar-refractivity contribution >= 4 is 28.9 Å². The minimum Gasteiger partial charge on any atom is -0.354 e. The lowest BCUT2D eigenvalue weighted by atomic mass is 10.1. The van der Waals surface area contributed by atoms with E-state index < -0.39 is 11.7 Å². The van der Waals surface area contributed by atoms with Gasteiger partial charge in [0.1, 0.15) is 0 Å². The Kier molecular flexibility index (Phi) is 5.89. The Morgan fingerprint density at radius 1 is 1.28 bits per heavy atom. The normalized spacial score (nSPS) is 12.6. The number of nitrogens with one attached hydrogen (secondary N) is 2. The number of carbonyl (C=O) groups excluding carboxylic acids is 1. The minimum atomic E-state index is -4.56. The second-order valence-corrected chi connectivity index (χ2v) is 5.99. The van der Waals surface area contributed by atoms with Crippen molar-refractivity contribution in [1.82, 2.24) is 10.3 Å². The van der Waals surface area contributed by atoms with Crippen LogP contribution in [0.15, 0.2) is 36.7 Å². The molecule has 8 heteroatoms. The molecule has 134 valence electrons. The summed E-state index contributed by atoms with van der Waals surface area (Å²) in [6, 6.07) is 4.86. The van der Waals surface area contributed by atoms with Crippen molar-refractivity contribution in [2.45, 2.75) is 32.5 Å². The van der Waals surface area contributed by atoms with E-state index in [1.807, 2.05) is 13.8 Å². The molecule has 1 unspecified atom stereocenters. The first-order valence-corrected chi connectivity index (χ1v) is 7.98. The zero-order valence-electron chi connectivity index (χ0n) is 13.6. The van der Waals surface area contributed by atoms with Gasteiger partial charge in [-0.15, -0.1) is 0 Å². The number of rotatable bonds is 5. The maximum atomic E-state index is 13.1. The van der Waals surface area contributed by atoms with Crippen LogP contribution in [0.4, 0.5) is 24.5 Å². The number of benzene rings is 1. The predicted octanol–water partition coefficient (Wildman–Crippen LogP) is 5.03. The van der Waals surface area contributed by atoms with E-state index in [0.717, 1.165) is 12.5 Å². The van der Waals surface area contributed by atoms with Crippen LogP contribution in [0.25, 0.3) is 0 Å². The van der Waals surface area contributed by atoms with Gasteiger partial charge in [0.05, 0.1) is 28.7 Å². The van der Waals surface area contributed by atoms with Crippen LogP contribution in [0.2, 0.25) is 5.02 Å². The number of amides is 1. The smallest absolute Gasteiger partial charge is 0.354 e. The Bertz CT molecular complexity index is 765. The molecule has 1 aromatic carbocycles. The van der Waals surface area contributed by atoms with Crippen molar-refractivity contribution in [3.05, 3.63) is 52.8 Å². The number of hydrogen-bond acceptors (Lipinski definition) is 3. The molecule has 1 heterocycles. The quantitative estimate of drug-likeness (QED) is 0.775. The Labute approximate surface area is 148 Å². The largest absolute Gasteiger partial charge is 0.418 e. The van der Waals surface area contributed by atoms with E-state index in [2.05, 4.69) is 15.6 Å². The molecule has 4 nitrogen and oxygen atoms in total. The Morgan fingerprint density at radius 2 is 2.00 bits per heavy atom. The van der Waals surface area contributed by atoms with Gasteiger partial charge in [0.15, 0.2) is 0 Å². The maximum absolute atomic E-state index is 13.1. The molecule has 1 atom stereocenters. The number of alkyl halides is 3. The van der Waals surface area contributed by atoms with E-state index in [0.29, 0.717) is 0 Å². The van der Waals surface area contributed by atoms with Gasteiger partial charge in [0.2, 0.25) is 0 Å². The van der Waals surface area contributed by atoms with Crippen LogP contribution in [-0.4, -0.2) is 16.9 Å². The van der Waals surface area contributed by atoms with Gasteiger partial charge in [-0.3, -0.25) is 9.78 Å². The summed E-state index contributed by atoms with van der Waals surface area (Å²) >= 11 is 5.66. The fourth-order valence-electron chi connectivity index (χ4n) is 2.06. The first kappa shape index (κ1) is 19.1. The number of halogens is 4. The lowest BCUT2D eigenvalue weighted by molar-refractivity contribution is -0.136. The summed E-state index contributed by atoms with van der Waals surface area (Å²) in [6.07, 6.45) is -1.10. The molecule has 25 heavy (non-hydrogen) atoms. The van der Waals surface area contributed by atoms with E-state index in [1.54, 1.807) is 0 Å². The summed E-state index contributed by atoms with van der Waals surface area (Å²) < 4.78 is 39.4. The molecule has 0 aliphatic heterocycles. The molecular weight excluding hydrogens is 355 g/mol. The SMILES string of the molecule is CCC(C)NC(=O)c1cncc(Nc2ccc(Cl)cc2C(F)(F)F)c1. The fourth-order valence-corrected chi connectivity index (χ4v) is 2.23. The van der Waals surface area contributed by atoms with E-state index in [-0.39, 0.29) is 33.9 Å². The van der Waals surface area contributed by atoms with Crippen molar-refractivity contribution in [3.63, 3.8) is 0 Å². The highest BCUT2D eigenvalue weighted by molar-refractivity contribution is 6.30. The highest BCUT2D eigenvalue weighted by atomic mass is 35.5. The van der Waals surface area contributed by atoms with Crippen molar-refractivity contribution in [3.8, 4) is 0 Å². The number of pyridine rings is 1. The van der Waals surface area contributed by atoms with Crippen LogP contribution in [0, 0.1) is 0 Å². The number of hydrogen-bond donors (Lipinski definition) is 2. The van der Waals surface area contributed by atoms with E-state index in [1.165, 1.54) is 30.6 Å². The zero-order valence-corrected chi connectivity index (χ0v) is 14.4. The molecule has 0 fully saturated rings. The summed E-state index contributed by atoms with van der Waals surface area (Å²) in [5, 5.41) is 5.41. The third kappa shape index (κ3) is 5.09. The van der Waals surface area contributed by atoms with Crippen molar-refractivity contribution in [2.24, 2.45) is 0 Å². The molecule has 0 radical (unpaired) electrons. The molecule has 0 bridgehead atoms. The lowest BCUT2D eigenvalue weighted by Crippen LogP contribution is -2.32. The molecular formula is C17H17ClF3N3O. The van der Waals surface area contributed by atoms with Gasteiger partial charge in [0.25, 0.3) is 5.91 Å². The van der Waals surface area contributed by atoms with E-state index in [9.17, 15) is 18.0 Å². The van der Waals surface area contributed by atoms with E-state index >= 15 is 0 Å². The highest BCUT2D eigenvalue weighted by Crippen LogP contribution is 2.37. The van der Waals surface area contributed by atoms with Gasteiger partial charge >= 0.3 is 6.18 Å². The average Bonchev–Trinajstić information content (AvgIpc) is 2.55. The molecule has 2 rings (SSSR count). The van der Waals surface area contributed by atoms with E-state index in [4.69, 9.17) is 11.6 Å². The topological polar surface area (TPSA) is 54.0 Å². The molecule has 0 saturated carbocycles. The second-order valence-electron chi connectivity index (χ2n) is 5.56. The summed E-state index contributed by atoms with van der Waals surface area (Å²) in [4.78, 5) is 16.0. The molecule has 1 amide bonds. The van der Waals surface area contributed by atoms with Gasteiger partial charge < -0.3 is 10.6 Å². The summed E-state index contributed by atoms with van der Waals surface area (Å²) in [6.45, 7) is 3.79. The van der Waals surface area contributed by atoms with Crippen molar-refractivity contribution in [2.75, 3.05) is 5.32 Å². The number of aromatic nitrogens is 1. The van der Waals surface area contributed by atoms with Gasteiger partial charge in [-0.05, 0) is 37.6 Å². The Morgan fingerprint density at radius 3 is 2.64 bits per heavy atom. The van der Waals surface area contributed by atoms with Crippen molar-refractivity contribution < 1.29 is 18.0 Å². The molecule has 0 aliphatic carbocycles. The number of nitrogens with zero attached hydrogens (tertiary/aromatic N) is 1. The third-order valence-electron chi connectivity index (χ3n) is 3.56. The molecule has 0 saturated heterocycles. The van der Waals surface area contributed by atoms with Crippen LogP contribution in [0.5, 0.6) is 0 Å². The highest BCUT2D eigenvalue weighted by Gasteiger charge is 2.33. The van der Waals surface area contributed by atoms with Crippen molar-refractivity contribution in [1.29, 1.82) is 0 Å². The lowest BCUT2D eigenvalue weighted by Gasteiger charge is -2.15. The fraction of sp³-hybridized carbons (Fsp3) is 0.294. The third-order valence-corrected chi connectivity index (χ3v) is 3.79. The Balaban J connectivity index is 2.28. The van der Waals surface area contributed by atoms with Crippen LogP contribution in [-0.2, 0) is 6.18 Å². The average molecular weight is 372 g/mol. The number of anilines is 2. The zero-order chi connectivity index (χ0) is 18.6. The first-order valence-electron chi connectivity index (χ1n) is 7.60. The van der Waals surface area contributed by atoms with Gasteiger partial charge in [-0.1, -0.05) is 18.5 Å². The second kappa shape index (κ2) is 7.74. The molecule has 2 N–H and O–H groups in total. The Hall–Kier alpha value is -2.28. The molecule has 1 aromatic heterocycles. The van der Waals surface area contributed by atoms with Crippen LogP contribution in [0.1, 0.15) is 36.2 Å². The summed E-state index contributed by atoms with van der Waals surface area (Å²) in [5.74, 6) is -0.336. The maximum Gasteiger partial charge on any atom is 0.418 e. The number of carbonyl (C=O) groups is 1. The molecule has 2 aromatic rings.